The first-order valence-corrected chi connectivity index (χ1v) is 8.57. The van der Waals surface area contributed by atoms with Crippen LogP contribution in [0.3, 0.4) is 0 Å². The first-order valence-electron chi connectivity index (χ1n) is 7.78. The van der Waals surface area contributed by atoms with E-state index in [9.17, 15) is 13.2 Å². The molecule has 23 heavy (non-hydrogen) atoms. The smallest absolute Gasteiger partial charge is 0.354 e. The third-order valence-corrected chi connectivity index (χ3v) is 4.81. The van der Waals surface area contributed by atoms with E-state index in [1.54, 1.807) is 6.20 Å². The number of hydrogen-bond acceptors (Lipinski definition) is 3. The highest BCUT2D eigenvalue weighted by Crippen LogP contribution is 2.34. The summed E-state index contributed by atoms with van der Waals surface area (Å²) in [5.74, 6) is 0.240. The number of halogens is 4. The fourth-order valence-electron chi connectivity index (χ4n) is 3.03. The lowest BCUT2D eigenvalue weighted by Crippen LogP contribution is -2.16. The maximum atomic E-state index is 12.2. The topological polar surface area (TPSA) is 42.7 Å². The molecule has 0 unspecified atom stereocenters. The summed E-state index contributed by atoms with van der Waals surface area (Å²) in [7, 11) is 0. The summed E-state index contributed by atoms with van der Waals surface area (Å²) < 4.78 is 39.7. The van der Waals surface area contributed by atoms with Crippen LogP contribution in [0.1, 0.15) is 44.6 Å². The largest absolute Gasteiger partial charge is 0.390 e. The summed E-state index contributed by atoms with van der Waals surface area (Å²) >= 11 is 3.52. The van der Waals surface area contributed by atoms with E-state index in [1.165, 1.54) is 19.3 Å². The number of fused-ring (bicyclic) bond motifs is 1. The highest BCUT2D eigenvalue weighted by molar-refractivity contribution is 9.10. The molecule has 2 aromatic heterocycles. The molecule has 0 atom stereocenters. The van der Waals surface area contributed by atoms with Gasteiger partial charge in [-0.3, -0.25) is 0 Å². The van der Waals surface area contributed by atoms with Crippen LogP contribution in [-0.2, 0) is 0 Å². The maximum Gasteiger partial charge on any atom is 0.390 e. The van der Waals surface area contributed by atoms with Gasteiger partial charge in [0.2, 0.25) is 5.95 Å². The molecule has 1 aliphatic carbocycles. The van der Waals surface area contributed by atoms with Crippen molar-refractivity contribution in [1.29, 1.82) is 0 Å². The zero-order valence-electron chi connectivity index (χ0n) is 12.5. The standard InChI is InChI=1S/C15H18BrF3N4/c16-12-9-23(10-4-2-1-3-5-10)13-11(12)8-21-14(22-13)20-7-6-15(17,18)19/h8-10H,1-7H2,(H,20,21,22). The van der Waals surface area contributed by atoms with Crippen LogP contribution in [0.4, 0.5) is 19.1 Å². The van der Waals surface area contributed by atoms with Gasteiger partial charge in [0.05, 0.1) is 11.8 Å². The first kappa shape index (κ1) is 16.5. The Labute approximate surface area is 140 Å². The highest BCUT2D eigenvalue weighted by Gasteiger charge is 2.26. The van der Waals surface area contributed by atoms with Crippen molar-refractivity contribution in [3.63, 3.8) is 0 Å². The quantitative estimate of drug-likeness (QED) is 0.792. The van der Waals surface area contributed by atoms with E-state index in [0.717, 1.165) is 28.3 Å². The molecule has 3 rings (SSSR count). The Balaban J connectivity index is 1.82. The zero-order valence-corrected chi connectivity index (χ0v) is 14.1. The second-order valence-corrected chi connectivity index (χ2v) is 6.75. The predicted octanol–water partition coefficient (Wildman–Crippen LogP) is 5.06. The van der Waals surface area contributed by atoms with Crippen LogP contribution in [0.15, 0.2) is 16.9 Å². The zero-order chi connectivity index (χ0) is 16.4. The fourth-order valence-corrected chi connectivity index (χ4v) is 3.53. The van der Waals surface area contributed by atoms with Gasteiger partial charge in [-0.1, -0.05) is 19.3 Å². The molecule has 0 spiro atoms. The molecular weight excluding hydrogens is 373 g/mol. The van der Waals surface area contributed by atoms with Gasteiger partial charge in [-0.2, -0.15) is 18.2 Å². The monoisotopic (exact) mass is 390 g/mol. The molecule has 4 nitrogen and oxygen atoms in total. The van der Waals surface area contributed by atoms with Crippen molar-refractivity contribution in [3.05, 3.63) is 16.9 Å². The summed E-state index contributed by atoms with van der Waals surface area (Å²) in [6, 6.07) is 0.399. The van der Waals surface area contributed by atoms with E-state index in [0.29, 0.717) is 6.04 Å². The Morgan fingerprint density at radius 1 is 1.26 bits per heavy atom. The summed E-state index contributed by atoms with van der Waals surface area (Å²) in [4.78, 5) is 8.55. The molecule has 0 radical (unpaired) electrons. The number of nitrogens with zero attached hydrogens (tertiary/aromatic N) is 3. The summed E-state index contributed by atoms with van der Waals surface area (Å²) in [5.41, 5.74) is 0.772. The van der Waals surface area contributed by atoms with Gasteiger partial charge in [0, 0.05) is 29.5 Å². The second-order valence-electron chi connectivity index (χ2n) is 5.90. The van der Waals surface area contributed by atoms with Crippen LogP contribution in [0.2, 0.25) is 0 Å². The Bertz CT molecular complexity index is 677. The summed E-state index contributed by atoms with van der Waals surface area (Å²) in [6.45, 7) is -0.222. The van der Waals surface area contributed by atoms with Crippen molar-refractivity contribution in [2.75, 3.05) is 11.9 Å². The molecule has 0 bridgehead atoms. The minimum absolute atomic E-state index is 0.222. The molecule has 0 aromatic carbocycles. The van der Waals surface area contributed by atoms with Crippen molar-refractivity contribution in [3.8, 4) is 0 Å². The SMILES string of the molecule is FC(F)(F)CCNc1ncc2c(Br)cn(C3CCCCC3)c2n1. The number of hydrogen-bond donors (Lipinski definition) is 1. The van der Waals surface area contributed by atoms with Crippen molar-refractivity contribution < 1.29 is 13.2 Å². The van der Waals surface area contributed by atoms with Crippen LogP contribution >= 0.6 is 15.9 Å². The third-order valence-electron chi connectivity index (χ3n) is 4.18. The molecule has 2 aromatic rings. The van der Waals surface area contributed by atoms with Gasteiger partial charge in [0.1, 0.15) is 5.65 Å². The Kier molecular flexibility index (Phi) is 4.79. The fraction of sp³-hybridized carbons (Fsp3) is 0.600. The summed E-state index contributed by atoms with van der Waals surface area (Å²) in [5, 5.41) is 3.55. The lowest BCUT2D eigenvalue weighted by Gasteiger charge is -2.23. The molecule has 0 amide bonds. The van der Waals surface area contributed by atoms with Crippen LogP contribution in [0, 0.1) is 0 Å². The lowest BCUT2D eigenvalue weighted by molar-refractivity contribution is -0.131. The number of anilines is 1. The maximum absolute atomic E-state index is 12.2. The Hall–Kier alpha value is -1.31. The molecule has 2 heterocycles. The van der Waals surface area contributed by atoms with Crippen LogP contribution in [0.25, 0.3) is 11.0 Å². The van der Waals surface area contributed by atoms with Crippen molar-refractivity contribution in [1.82, 2.24) is 14.5 Å². The number of alkyl halides is 3. The van der Waals surface area contributed by atoms with Crippen molar-refractivity contribution in [2.45, 2.75) is 50.7 Å². The molecule has 0 saturated heterocycles. The predicted molar refractivity (Wildman–Crippen MR) is 86.5 cm³/mol. The Morgan fingerprint density at radius 3 is 2.70 bits per heavy atom. The molecule has 1 aliphatic rings. The highest BCUT2D eigenvalue weighted by atomic mass is 79.9. The van der Waals surface area contributed by atoms with E-state index < -0.39 is 12.6 Å². The average molecular weight is 391 g/mol. The van der Waals surface area contributed by atoms with Crippen molar-refractivity contribution in [2.24, 2.45) is 0 Å². The van der Waals surface area contributed by atoms with Crippen LogP contribution in [0.5, 0.6) is 0 Å². The molecule has 0 aliphatic heterocycles. The van der Waals surface area contributed by atoms with Gasteiger partial charge in [0.15, 0.2) is 0 Å². The average Bonchev–Trinajstić information content (AvgIpc) is 2.84. The van der Waals surface area contributed by atoms with E-state index in [1.807, 2.05) is 6.20 Å². The van der Waals surface area contributed by atoms with Gasteiger partial charge >= 0.3 is 6.18 Å². The van der Waals surface area contributed by atoms with E-state index in [2.05, 4.69) is 35.8 Å². The normalized spacial score (nSPS) is 16.9. The number of rotatable bonds is 4. The van der Waals surface area contributed by atoms with E-state index >= 15 is 0 Å². The first-order chi connectivity index (χ1) is 10.9. The molecule has 1 N–H and O–H groups in total. The second kappa shape index (κ2) is 6.67. The van der Waals surface area contributed by atoms with E-state index in [-0.39, 0.29) is 12.5 Å². The van der Waals surface area contributed by atoms with Gasteiger partial charge in [-0.15, -0.1) is 0 Å². The minimum atomic E-state index is -4.18. The van der Waals surface area contributed by atoms with Crippen LogP contribution < -0.4 is 5.32 Å². The van der Waals surface area contributed by atoms with E-state index in [4.69, 9.17) is 0 Å². The molecule has 1 fully saturated rings. The van der Waals surface area contributed by atoms with Crippen LogP contribution in [-0.4, -0.2) is 27.3 Å². The minimum Gasteiger partial charge on any atom is -0.354 e. The molecule has 8 heteroatoms. The number of nitrogens with one attached hydrogen (secondary N) is 1. The van der Waals surface area contributed by atoms with Gasteiger partial charge in [-0.25, -0.2) is 4.98 Å². The Morgan fingerprint density at radius 2 is 2.00 bits per heavy atom. The lowest BCUT2D eigenvalue weighted by atomic mass is 9.95. The van der Waals surface area contributed by atoms with Gasteiger partial charge in [0.25, 0.3) is 0 Å². The summed E-state index contributed by atoms with van der Waals surface area (Å²) in [6.07, 6.45) is 4.46. The third kappa shape index (κ3) is 3.97. The van der Waals surface area contributed by atoms with Crippen molar-refractivity contribution >= 4 is 32.9 Å². The van der Waals surface area contributed by atoms with Gasteiger partial charge in [-0.05, 0) is 28.8 Å². The molecule has 1 saturated carbocycles. The molecule has 126 valence electrons. The molecular formula is C15H18BrF3N4. The van der Waals surface area contributed by atoms with Gasteiger partial charge < -0.3 is 9.88 Å². The number of aromatic nitrogens is 3.